The Morgan fingerprint density at radius 1 is 1.38 bits per heavy atom. The van der Waals surface area contributed by atoms with Gasteiger partial charge in [-0.25, -0.2) is 0 Å². The van der Waals surface area contributed by atoms with E-state index in [1.54, 1.807) is 13.2 Å². The first-order chi connectivity index (χ1) is 9.91. The van der Waals surface area contributed by atoms with Gasteiger partial charge in [-0.2, -0.15) is 0 Å². The Morgan fingerprint density at radius 3 is 2.67 bits per heavy atom. The normalized spacial score (nSPS) is 11.5. The molecule has 1 aromatic carbocycles. The van der Waals surface area contributed by atoms with Crippen molar-refractivity contribution < 1.29 is 14.3 Å². The highest BCUT2D eigenvalue weighted by atomic mass is 16.5. The molecule has 0 aliphatic rings. The molecule has 0 saturated heterocycles. The Kier molecular flexibility index (Phi) is 6.24. The molecule has 21 heavy (non-hydrogen) atoms. The van der Waals surface area contributed by atoms with Crippen molar-refractivity contribution in [2.75, 3.05) is 20.3 Å². The van der Waals surface area contributed by atoms with Gasteiger partial charge >= 0.3 is 0 Å². The van der Waals surface area contributed by atoms with Crippen molar-refractivity contribution in [3.8, 4) is 11.5 Å². The molecule has 116 valence electrons. The highest BCUT2D eigenvalue weighted by Gasteiger charge is 2.16. The molecule has 1 aromatic rings. The van der Waals surface area contributed by atoms with E-state index in [-0.39, 0.29) is 5.91 Å². The lowest BCUT2D eigenvalue weighted by Crippen LogP contribution is -2.48. The van der Waals surface area contributed by atoms with Crippen molar-refractivity contribution in [3.63, 3.8) is 0 Å². The van der Waals surface area contributed by atoms with E-state index in [1.165, 1.54) is 6.08 Å². The van der Waals surface area contributed by atoms with E-state index in [0.29, 0.717) is 24.7 Å². The van der Waals surface area contributed by atoms with Crippen LogP contribution in [0, 0.1) is 0 Å². The Labute approximate surface area is 126 Å². The maximum Gasteiger partial charge on any atom is 0.244 e. The van der Waals surface area contributed by atoms with Crippen LogP contribution in [0.15, 0.2) is 24.3 Å². The Balaban J connectivity index is 2.78. The average molecular weight is 292 g/mol. The topological polar surface area (TPSA) is 73.6 Å². The first-order valence-corrected chi connectivity index (χ1v) is 6.93. The van der Waals surface area contributed by atoms with Gasteiger partial charge in [0.15, 0.2) is 11.5 Å². The van der Waals surface area contributed by atoms with Crippen molar-refractivity contribution in [1.29, 1.82) is 0 Å². The molecule has 0 radical (unpaired) electrons. The largest absolute Gasteiger partial charge is 0.493 e. The maximum atomic E-state index is 11.8. The quantitative estimate of drug-likeness (QED) is 0.753. The summed E-state index contributed by atoms with van der Waals surface area (Å²) in [6, 6.07) is 5.51. The number of nitrogens with two attached hydrogens (primary N) is 1. The summed E-state index contributed by atoms with van der Waals surface area (Å²) >= 11 is 0. The molecule has 0 heterocycles. The van der Waals surface area contributed by atoms with Crippen molar-refractivity contribution >= 4 is 12.0 Å². The fourth-order valence-electron chi connectivity index (χ4n) is 1.66. The molecule has 0 aliphatic heterocycles. The highest BCUT2D eigenvalue weighted by Crippen LogP contribution is 2.28. The Hall–Kier alpha value is -2.01. The summed E-state index contributed by atoms with van der Waals surface area (Å²) in [5.74, 6) is 1.14. The van der Waals surface area contributed by atoms with E-state index in [9.17, 15) is 4.79 Å². The second-order valence-electron chi connectivity index (χ2n) is 5.25. The third-order valence-electron chi connectivity index (χ3n) is 2.89. The standard InChI is InChI=1S/C16H24N2O3/c1-5-21-13-8-6-12(10-14(13)20-4)7-9-15(19)18-16(2,3)11-17/h6-10H,5,11,17H2,1-4H3,(H,18,19)/b9-7+. The summed E-state index contributed by atoms with van der Waals surface area (Å²) < 4.78 is 10.7. The summed E-state index contributed by atoms with van der Waals surface area (Å²) in [4.78, 5) is 11.8. The van der Waals surface area contributed by atoms with E-state index < -0.39 is 5.54 Å². The molecule has 0 fully saturated rings. The Bertz CT molecular complexity index is 510. The number of ether oxygens (including phenoxy) is 2. The number of methoxy groups -OCH3 is 1. The predicted octanol–water partition coefficient (Wildman–Crippen LogP) is 1.96. The zero-order chi connectivity index (χ0) is 15.9. The van der Waals surface area contributed by atoms with Crippen LogP contribution in [0.5, 0.6) is 11.5 Å². The number of hydrogen-bond acceptors (Lipinski definition) is 4. The molecule has 0 atom stereocenters. The summed E-state index contributed by atoms with van der Waals surface area (Å²) in [6.07, 6.45) is 3.20. The number of hydrogen-bond donors (Lipinski definition) is 2. The van der Waals surface area contributed by atoms with Crippen LogP contribution in [0.25, 0.3) is 6.08 Å². The molecular weight excluding hydrogens is 268 g/mol. The monoisotopic (exact) mass is 292 g/mol. The summed E-state index contributed by atoms with van der Waals surface area (Å²) in [5, 5.41) is 2.83. The van der Waals surface area contributed by atoms with Crippen LogP contribution in [0.2, 0.25) is 0 Å². The van der Waals surface area contributed by atoms with Gasteiger partial charge in [0.2, 0.25) is 5.91 Å². The van der Waals surface area contributed by atoms with E-state index in [2.05, 4.69) is 5.32 Å². The van der Waals surface area contributed by atoms with Crippen LogP contribution >= 0.6 is 0 Å². The molecule has 3 N–H and O–H groups in total. The number of carbonyl (C=O) groups is 1. The van der Waals surface area contributed by atoms with Crippen LogP contribution in [-0.4, -0.2) is 31.7 Å². The minimum absolute atomic E-state index is 0.182. The molecule has 0 spiro atoms. The first kappa shape index (κ1) is 17.0. The second kappa shape index (κ2) is 7.69. The average Bonchev–Trinajstić information content (AvgIpc) is 2.46. The molecule has 1 rings (SSSR count). The van der Waals surface area contributed by atoms with Crippen LogP contribution in [0.3, 0.4) is 0 Å². The SMILES string of the molecule is CCOc1ccc(/C=C/C(=O)NC(C)(C)CN)cc1OC. The minimum atomic E-state index is -0.419. The van der Waals surface area contributed by atoms with E-state index in [1.807, 2.05) is 39.0 Å². The molecule has 0 unspecified atom stereocenters. The zero-order valence-corrected chi connectivity index (χ0v) is 13.1. The third kappa shape index (κ3) is 5.47. The molecule has 1 amide bonds. The summed E-state index contributed by atoms with van der Waals surface area (Å²) in [6.45, 7) is 6.61. The lowest BCUT2D eigenvalue weighted by atomic mass is 10.1. The molecule has 0 bridgehead atoms. The smallest absolute Gasteiger partial charge is 0.244 e. The van der Waals surface area contributed by atoms with Gasteiger partial charge in [-0.15, -0.1) is 0 Å². The van der Waals surface area contributed by atoms with Crippen molar-refractivity contribution in [2.24, 2.45) is 5.73 Å². The van der Waals surface area contributed by atoms with Crippen molar-refractivity contribution in [2.45, 2.75) is 26.3 Å². The number of benzene rings is 1. The minimum Gasteiger partial charge on any atom is -0.493 e. The summed E-state index contributed by atoms with van der Waals surface area (Å²) in [5.41, 5.74) is 6.01. The molecule has 5 heteroatoms. The van der Waals surface area contributed by atoms with Gasteiger partial charge < -0.3 is 20.5 Å². The van der Waals surface area contributed by atoms with Crippen LogP contribution < -0.4 is 20.5 Å². The van der Waals surface area contributed by atoms with E-state index in [0.717, 1.165) is 5.56 Å². The van der Waals surface area contributed by atoms with Crippen LogP contribution in [-0.2, 0) is 4.79 Å². The lowest BCUT2D eigenvalue weighted by Gasteiger charge is -2.23. The number of rotatable bonds is 7. The third-order valence-corrected chi connectivity index (χ3v) is 2.89. The molecule has 0 saturated carbocycles. The van der Waals surface area contributed by atoms with Gasteiger partial charge in [0, 0.05) is 18.2 Å². The van der Waals surface area contributed by atoms with Crippen LogP contribution in [0.4, 0.5) is 0 Å². The number of nitrogens with one attached hydrogen (secondary N) is 1. The molecular formula is C16H24N2O3. The second-order valence-corrected chi connectivity index (χ2v) is 5.25. The predicted molar refractivity (Wildman–Crippen MR) is 84.5 cm³/mol. The Morgan fingerprint density at radius 2 is 2.10 bits per heavy atom. The van der Waals surface area contributed by atoms with Gasteiger partial charge in [0.1, 0.15) is 0 Å². The fraction of sp³-hybridized carbons (Fsp3) is 0.438. The van der Waals surface area contributed by atoms with Crippen LogP contribution in [0.1, 0.15) is 26.3 Å². The molecule has 0 aromatic heterocycles. The molecule has 5 nitrogen and oxygen atoms in total. The first-order valence-electron chi connectivity index (χ1n) is 6.93. The lowest BCUT2D eigenvalue weighted by molar-refractivity contribution is -0.117. The zero-order valence-electron chi connectivity index (χ0n) is 13.1. The highest BCUT2D eigenvalue weighted by molar-refractivity contribution is 5.92. The van der Waals surface area contributed by atoms with Gasteiger partial charge in [-0.3, -0.25) is 4.79 Å². The van der Waals surface area contributed by atoms with Crippen molar-refractivity contribution in [3.05, 3.63) is 29.8 Å². The molecule has 0 aliphatic carbocycles. The van der Waals surface area contributed by atoms with E-state index in [4.69, 9.17) is 15.2 Å². The number of carbonyl (C=O) groups excluding carboxylic acids is 1. The number of amides is 1. The van der Waals surface area contributed by atoms with E-state index >= 15 is 0 Å². The van der Waals surface area contributed by atoms with Crippen molar-refractivity contribution in [1.82, 2.24) is 5.32 Å². The van der Waals surface area contributed by atoms with Gasteiger partial charge in [-0.1, -0.05) is 6.07 Å². The van der Waals surface area contributed by atoms with Gasteiger partial charge in [0.05, 0.1) is 13.7 Å². The van der Waals surface area contributed by atoms with Gasteiger partial charge in [-0.05, 0) is 44.5 Å². The van der Waals surface area contributed by atoms with Gasteiger partial charge in [0.25, 0.3) is 0 Å². The fourth-order valence-corrected chi connectivity index (χ4v) is 1.66. The summed E-state index contributed by atoms with van der Waals surface area (Å²) in [7, 11) is 1.59. The maximum absolute atomic E-state index is 11.8.